The summed E-state index contributed by atoms with van der Waals surface area (Å²) in [5.41, 5.74) is 6.32. The summed E-state index contributed by atoms with van der Waals surface area (Å²) >= 11 is 0. The molecule has 0 aliphatic carbocycles. The van der Waals surface area contributed by atoms with E-state index in [1.807, 2.05) is 30.3 Å². The Labute approximate surface area is 121 Å². The number of carbonyl (C=O) groups excluding carboxylic acids is 3. The Morgan fingerprint density at radius 1 is 1.14 bits per heavy atom. The van der Waals surface area contributed by atoms with Gasteiger partial charge in [0.2, 0.25) is 0 Å². The van der Waals surface area contributed by atoms with Gasteiger partial charge in [0.25, 0.3) is 0 Å². The zero-order chi connectivity index (χ0) is 15.4. The fraction of sp³-hybridized carbons (Fsp3) is 0.0625. The largest absolute Gasteiger partial charge is 0.402 e. The third kappa shape index (κ3) is 3.33. The molecule has 106 valence electrons. The number of benzene rings is 1. The number of nitrogens with two attached hydrogens (primary N) is 1. The summed E-state index contributed by atoms with van der Waals surface area (Å²) in [4.78, 5) is 35.1. The van der Waals surface area contributed by atoms with Gasteiger partial charge in [0.05, 0.1) is 5.57 Å². The van der Waals surface area contributed by atoms with Gasteiger partial charge in [-0.15, -0.1) is 0 Å². The van der Waals surface area contributed by atoms with Crippen LogP contribution in [0.1, 0.15) is 12.5 Å². The lowest BCUT2D eigenvalue weighted by molar-refractivity contribution is -0.154. The van der Waals surface area contributed by atoms with Crippen molar-refractivity contribution in [2.45, 2.75) is 6.92 Å². The first-order valence-corrected chi connectivity index (χ1v) is 6.21. The van der Waals surface area contributed by atoms with Crippen molar-refractivity contribution in [3.05, 3.63) is 64.9 Å². The molecule has 1 aromatic carbocycles. The predicted molar refractivity (Wildman–Crippen MR) is 76.6 cm³/mol. The van der Waals surface area contributed by atoms with Crippen LogP contribution in [0.5, 0.6) is 0 Å². The first-order chi connectivity index (χ1) is 9.99. The highest BCUT2D eigenvalue weighted by atomic mass is 16.6. The van der Waals surface area contributed by atoms with Crippen LogP contribution in [0.2, 0.25) is 0 Å². The molecular formula is C16H13NO4. The lowest BCUT2D eigenvalue weighted by Crippen LogP contribution is -2.26. The van der Waals surface area contributed by atoms with Gasteiger partial charge in [-0.1, -0.05) is 36.4 Å². The second kappa shape index (κ2) is 6.00. The van der Waals surface area contributed by atoms with Gasteiger partial charge in [0, 0.05) is 5.70 Å². The number of rotatable bonds is 3. The molecule has 0 spiro atoms. The lowest BCUT2D eigenvalue weighted by atomic mass is 10.0. The number of ether oxygens (including phenoxy) is 1. The number of esters is 2. The molecule has 5 nitrogen and oxygen atoms in total. The summed E-state index contributed by atoms with van der Waals surface area (Å²) in [6.45, 7) is 1.49. The zero-order valence-electron chi connectivity index (χ0n) is 11.3. The van der Waals surface area contributed by atoms with E-state index in [1.54, 1.807) is 6.08 Å². The molecule has 0 unspecified atom stereocenters. The summed E-state index contributed by atoms with van der Waals surface area (Å²) in [5.74, 6) is -2.36. The maximum Gasteiger partial charge on any atom is 0.350 e. The maximum atomic E-state index is 12.0. The van der Waals surface area contributed by atoms with Crippen molar-refractivity contribution in [1.82, 2.24) is 0 Å². The average molecular weight is 283 g/mol. The van der Waals surface area contributed by atoms with Gasteiger partial charge in [-0.25, -0.2) is 9.59 Å². The van der Waals surface area contributed by atoms with E-state index in [1.165, 1.54) is 19.1 Å². The molecule has 0 fully saturated rings. The van der Waals surface area contributed by atoms with E-state index < -0.39 is 17.7 Å². The first kappa shape index (κ1) is 14.5. The van der Waals surface area contributed by atoms with Crippen molar-refractivity contribution < 1.29 is 19.1 Å². The summed E-state index contributed by atoms with van der Waals surface area (Å²) in [6, 6.07) is 9.14. The topological polar surface area (TPSA) is 86.5 Å². The number of allylic oxidation sites excluding steroid dienone is 2. The van der Waals surface area contributed by atoms with Gasteiger partial charge in [-0.3, -0.25) is 4.79 Å². The van der Waals surface area contributed by atoms with Crippen LogP contribution >= 0.6 is 0 Å². The van der Waals surface area contributed by atoms with Crippen molar-refractivity contribution in [3.63, 3.8) is 0 Å². The van der Waals surface area contributed by atoms with Crippen LogP contribution in [0, 0.1) is 0 Å². The molecule has 0 saturated heterocycles. The van der Waals surface area contributed by atoms with Gasteiger partial charge < -0.3 is 10.5 Å². The minimum absolute atomic E-state index is 0.0195. The molecule has 1 aliphatic rings. The molecule has 5 heteroatoms. The lowest BCUT2D eigenvalue weighted by Gasteiger charge is -2.12. The van der Waals surface area contributed by atoms with Gasteiger partial charge in [0.1, 0.15) is 5.57 Å². The first-order valence-electron chi connectivity index (χ1n) is 6.21. The standard InChI is InChI=1S/C16H13NO4/c1-10(17)12-9-13(16(20)21-15(12)19)14(18)8-7-11-5-3-2-4-6-11/h2-9H,17H2,1H3. The van der Waals surface area contributed by atoms with Crippen LogP contribution in [0.25, 0.3) is 6.08 Å². The summed E-state index contributed by atoms with van der Waals surface area (Å²) in [7, 11) is 0. The van der Waals surface area contributed by atoms with E-state index in [0.29, 0.717) is 0 Å². The van der Waals surface area contributed by atoms with E-state index in [4.69, 9.17) is 5.73 Å². The van der Waals surface area contributed by atoms with Crippen LogP contribution in [0.15, 0.2) is 59.3 Å². The molecule has 21 heavy (non-hydrogen) atoms. The molecule has 0 atom stereocenters. The zero-order valence-corrected chi connectivity index (χ0v) is 11.3. The van der Waals surface area contributed by atoms with Crippen LogP contribution < -0.4 is 5.73 Å². The van der Waals surface area contributed by atoms with Crippen LogP contribution in [-0.2, 0) is 19.1 Å². The molecule has 0 saturated carbocycles. The molecule has 1 aromatic rings. The van der Waals surface area contributed by atoms with E-state index in [-0.39, 0.29) is 16.8 Å². The average Bonchev–Trinajstić information content (AvgIpc) is 2.45. The summed E-state index contributed by atoms with van der Waals surface area (Å²) in [5, 5.41) is 0. The van der Waals surface area contributed by atoms with Crippen molar-refractivity contribution in [1.29, 1.82) is 0 Å². The van der Waals surface area contributed by atoms with Crippen LogP contribution in [0.4, 0.5) is 0 Å². The Hall–Kier alpha value is -2.95. The summed E-state index contributed by atoms with van der Waals surface area (Å²) < 4.78 is 4.51. The highest BCUT2D eigenvalue weighted by Gasteiger charge is 2.29. The van der Waals surface area contributed by atoms with Crippen molar-refractivity contribution in [2.24, 2.45) is 5.73 Å². The fourth-order valence-corrected chi connectivity index (χ4v) is 1.73. The third-order valence-electron chi connectivity index (χ3n) is 2.83. The molecular weight excluding hydrogens is 270 g/mol. The highest BCUT2D eigenvalue weighted by molar-refractivity contribution is 6.27. The third-order valence-corrected chi connectivity index (χ3v) is 2.83. The minimum atomic E-state index is -0.965. The van der Waals surface area contributed by atoms with Gasteiger partial charge in [-0.2, -0.15) is 0 Å². The van der Waals surface area contributed by atoms with Crippen molar-refractivity contribution in [2.75, 3.05) is 0 Å². The number of ketones is 1. The Balaban J connectivity index is 2.28. The molecule has 0 radical (unpaired) electrons. The molecule has 0 bridgehead atoms. The van der Waals surface area contributed by atoms with Gasteiger partial charge in [0.15, 0.2) is 5.78 Å². The number of hydrogen-bond acceptors (Lipinski definition) is 5. The summed E-state index contributed by atoms with van der Waals surface area (Å²) in [6.07, 6.45) is 3.99. The smallest absolute Gasteiger partial charge is 0.350 e. The fourth-order valence-electron chi connectivity index (χ4n) is 1.73. The monoisotopic (exact) mass is 283 g/mol. The Kier molecular flexibility index (Phi) is 4.13. The molecule has 1 aliphatic heterocycles. The normalized spacial score (nSPS) is 17.5. The SMILES string of the molecule is CC(N)=C1C=C(C(=O)C=Cc2ccccc2)C(=O)OC1=O. The van der Waals surface area contributed by atoms with E-state index in [0.717, 1.165) is 5.56 Å². The van der Waals surface area contributed by atoms with Gasteiger partial charge >= 0.3 is 11.9 Å². The molecule has 2 rings (SSSR count). The second-order valence-corrected chi connectivity index (χ2v) is 4.44. The highest BCUT2D eigenvalue weighted by Crippen LogP contribution is 2.17. The minimum Gasteiger partial charge on any atom is -0.402 e. The predicted octanol–water partition coefficient (Wildman–Crippen LogP) is 1.51. The second-order valence-electron chi connectivity index (χ2n) is 4.44. The maximum absolute atomic E-state index is 12.0. The van der Waals surface area contributed by atoms with Crippen molar-refractivity contribution >= 4 is 23.8 Å². The van der Waals surface area contributed by atoms with Crippen LogP contribution in [0.3, 0.4) is 0 Å². The van der Waals surface area contributed by atoms with Crippen LogP contribution in [-0.4, -0.2) is 17.7 Å². The number of hydrogen-bond donors (Lipinski definition) is 1. The van der Waals surface area contributed by atoms with Gasteiger partial charge in [-0.05, 0) is 24.6 Å². The molecule has 0 aromatic heterocycles. The molecule has 1 heterocycles. The number of cyclic esters (lactones) is 2. The Morgan fingerprint density at radius 2 is 1.81 bits per heavy atom. The van der Waals surface area contributed by atoms with E-state index in [2.05, 4.69) is 4.74 Å². The molecule has 2 N–H and O–H groups in total. The Morgan fingerprint density at radius 3 is 2.43 bits per heavy atom. The van der Waals surface area contributed by atoms with E-state index >= 15 is 0 Å². The quantitative estimate of drug-likeness (QED) is 0.393. The van der Waals surface area contributed by atoms with E-state index in [9.17, 15) is 14.4 Å². The molecule has 0 amide bonds. The van der Waals surface area contributed by atoms with Crippen molar-refractivity contribution in [3.8, 4) is 0 Å². The number of carbonyl (C=O) groups is 3. The Bertz CT molecular complexity index is 692.